The molecule has 3 aromatic rings. The van der Waals surface area contributed by atoms with Crippen LogP contribution in [0.25, 0.3) is 0 Å². The van der Waals surface area contributed by atoms with E-state index < -0.39 is 5.92 Å². The summed E-state index contributed by atoms with van der Waals surface area (Å²) >= 11 is 0. The summed E-state index contributed by atoms with van der Waals surface area (Å²) in [5, 5.41) is 12.7. The van der Waals surface area contributed by atoms with Gasteiger partial charge in [0.05, 0.1) is 30.6 Å². The molecular weight excluding hydrogens is 766 g/mol. The van der Waals surface area contributed by atoms with Crippen LogP contribution in [0.3, 0.4) is 0 Å². The van der Waals surface area contributed by atoms with Gasteiger partial charge in [0.1, 0.15) is 23.3 Å². The van der Waals surface area contributed by atoms with Crippen molar-refractivity contribution in [2.75, 3.05) is 53.8 Å². The van der Waals surface area contributed by atoms with Gasteiger partial charge in [-0.15, -0.1) is 0 Å². The zero-order valence-corrected chi connectivity index (χ0v) is 35.0. The van der Waals surface area contributed by atoms with E-state index in [1.807, 2.05) is 19.1 Å². The molecule has 4 heterocycles. The lowest BCUT2D eigenvalue weighted by atomic mass is 9.89. The highest BCUT2D eigenvalue weighted by Gasteiger charge is 2.41. The first-order valence-corrected chi connectivity index (χ1v) is 21.9. The average molecular weight is 824 g/mol. The van der Waals surface area contributed by atoms with E-state index in [4.69, 9.17) is 9.72 Å². The van der Waals surface area contributed by atoms with Crippen LogP contribution in [-0.2, 0) is 14.4 Å². The van der Waals surface area contributed by atoms with Crippen molar-refractivity contribution >= 4 is 52.5 Å². The Morgan fingerprint density at radius 2 is 1.68 bits per heavy atom. The predicted molar refractivity (Wildman–Crippen MR) is 229 cm³/mol. The van der Waals surface area contributed by atoms with Gasteiger partial charge in [0.15, 0.2) is 5.82 Å². The summed E-state index contributed by atoms with van der Waals surface area (Å²) in [7, 11) is 3.37. The Bertz CT molecular complexity index is 2080. The molecule has 5 aliphatic rings. The lowest BCUT2D eigenvalue weighted by Crippen LogP contribution is -2.55. The van der Waals surface area contributed by atoms with Crippen molar-refractivity contribution in [3.63, 3.8) is 0 Å². The molecule has 2 aromatic carbocycles. The fourth-order valence-electron chi connectivity index (χ4n) is 9.93. The molecule has 1 aromatic heterocycles. The van der Waals surface area contributed by atoms with E-state index >= 15 is 4.39 Å². The van der Waals surface area contributed by atoms with E-state index in [0.29, 0.717) is 64.7 Å². The fourth-order valence-corrected chi connectivity index (χ4v) is 9.93. The molecule has 60 heavy (non-hydrogen) atoms. The molecule has 14 nitrogen and oxygen atoms in total. The lowest BCUT2D eigenvalue weighted by Gasteiger charge is -2.43. The Kier molecular flexibility index (Phi) is 12.5. The molecule has 3 aliphatic heterocycles. The average Bonchev–Trinajstić information content (AvgIpc) is 3.80. The molecule has 2 saturated carbocycles. The van der Waals surface area contributed by atoms with Crippen molar-refractivity contribution < 1.29 is 28.3 Å². The summed E-state index contributed by atoms with van der Waals surface area (Å²) in [5.41, 5.74) is 3.03. The van der Waals surface area contributed by atoms with Crippen LogP contribution in [0.5, 0.6) is 5.75 Å². The van der Waals surface area contributed by atoms with Crippen molar-refractivity contribution in [1.82, 2.24) is 25.9 Å². The number of likely N-dealkylation sites (N-methyl/N-ethyl adjacent to an activating group) is 1. The molecule has 15 heteroatoms. The van der Waals surface area contributed by atoms with Crippen molar-refractivity contribution in [2.24, 2.45) is 5.92 Å². The van der Waals surface area contributed by atoms with Crippen LogP contribution in [-0.4, -0.2) is 91.6 Å². The Hall–Kier alpha value is -5.31. The second-order valence-electron chi connectivity index (χ2n) is 17.2. The van der Waals surface area contributed by atoms with E-state index in [0.717, 1.165) is 89.7 Å². The Morgan fingerprint density at radius 3 is 2.38 bits per heavy atom. The first-order valence-electron chi connectivity index (χ1n) is 21.9. The molecule has 4 fully saturated rings. The Morgan fingerprint density at radius 1 is 0.933 bits per heavy atom. The topological polar surface area (TPSA) is 161 Å². The maximum Gasteiger partial charge on any atom is 0.251 e. The zero-order valence-electron chi connectivity index (χ0n) is 35.0. The Labute approximate surface area is 351 Å². The fraction of sp³-hybridized carbons (Fsp3) is 0.556. The molecule has 0 spiro atoms. The number of ether oxygens (including phenoxy) is 1. The summed E-state index contributed by atoms with van der Waals surface area (Å²) in [5.74, 6) is 0.642. The number of fused-ring (bicyclic) bond motifs is 1. The number of carbonyl (C=O) groups is 4. The highest BCUT2D eigenvalue weighted by Crippen LogP contribution is 2.41. The van der Waals surface area contributed by atoms with Gasteiger partial charge in [-0.1, -0.05) is 25.8 Å². The van der Waals surface area contributed by atoms with Gasteiger partial charge in [-0.2, -0.15) is 4.98 Å². The minimum atomic E-state index is -0.497. The highest BCUT2D eigenvalue weighted by atomic mass is 19.1. The van der Waals surface area contributed by atoms with Crippen molar-refractivity contribution in [3.8, 4) is 5.75 Å². The number of anilines is 5. The molecule has 0 bridgehead atoms. The van der Waals surface area contributed by atoms with Crippen LogP contribution in [0.15, 0.2) is 42.6 Å². The number of hydrogen-bond donors (Lipinski definition) is 4. The van der Waals surface area contributed by atoms with E-state index in [1.165, 1.54) is 6.07 Å². The van der Waals surface area contributed by atoms with Gasteiger partial charge in [0, 0.05) is 50.2 Å². The van der Waals surface area contributed by atoms with Crippen LogP contribution in [0.4, 0.5) is 33.2 Å². The number of halogens is 1. The number of benzene rings is 2. The van der Waals surface area contributed by atoms with Gasteiger partial charge >= 0.3 is 0 Å². The highest BCUT2D eigenvalue weighted by molar-refractivity contribution is 6.04. The van der Waals surface area contributed by atoms with Crippen molar-refractivity contribution in [1.29, 1.82) is 0 Å². The lowest BCUT2D eigenvalue weighted by molar-refractivity contribution is -0.134. The van der Waals surface area contributed by atoms with E-state index in [2.05, 4.69) is 36.1 Å². The first-order chi connectivity index (χ1) is 29.1. The molecule has 0 radical (unpaired) electrons. The summed E-state index contributed by atoms with van der Waals surface area (Å²) in [6.45, 7) is 4.50. The largest absolute Gasteiger partial charge is 0.495 e. The normalized spacial score (nSPS) is 24.0. The molecule has 4 amide bonds. The summed E-state index contributed by atoms with van der Waals surface area (Å²) in [6.07, 6.45) is 13.1. The number of hydrogen-bond acceptors (Lipinski definition) is 11. The number of piperidine rings is 2. The number of amides is 4. The Balaban J connectivity index is 0.797. The summed E-state index contributed by atoms with van der Waals surface area (Å²) < 4.78 is 21.0. The molecule has 320 valence electrons. The number of nitrogens with zero attached hydrogens (tertiary/aromatic N) is 5. The number of nitrogens with one attached hydrogen (secondary N) is 4. The number of aromatic nitrogens is 2. The molecule has 2 aliphatic carbocycles. The quantitative estimate of drug-likeness (QED) is 0.160. The van der Waals surface area contributed by atoms with E-state index in [-0.39, 0.29) is 54.0 Å². The summed E-state index contributed by atoms with van der Waals surface area (Å²) in [4.78, 5) is 66.0. The zero-order chi connectivity index (χ0) is 41.9. The van der Waals surface area contributed by atoms with Crippen LogP contribution >= 0.6 is 0 Å². The minimum absolute atomic E-state index is 0.0705. The first kappa shape index (κ1) is 41.4. The monoisotopic (exact) mass is 823 g/mol. The van der Waals surface area contributed by atoms with Crippen molar-refractivity contribution in [2.45, 2.75) is 120 Å². The maximum atomic E-state index is 15.2. The smallest absolute Gasteiger partial charge is 0.251 e. The SMILES string of the molecule is CC[C@@H]1C(=O)N(C)c2cnc(Nc3ccc(C(=O)NC4CCC(NCC5CCN(c6ccc(C7CCC(=O)NC7=O)cc6F)CC5)CC4)cc3OC)nc2N1C1CCCC1. The molecule has 2 atom stereocenters. The molecule has 4 N–H and O–H groups in total. The van der Waals surface area contributed by atoms with Crippen molar-refractivity contribution in [3.05, 3.63) is 59.5 Å². The van der Waals surface area contributed by atoms with Crippen LogP contribution in [0.2, 0.25) is 0 Å². The number of imide groups is 1. The molecule has 2 saturated heterocycles. The standard InChI is InChI=1S/C45H58FN9O5/c1-4-36-44(59)53(2)38-26-48-45(52-41(38)55(36)32-7-5-6-8-32)50-35-16-9-29(24-39(35)60-3)42(57)49-31-13-11-30(12-14-31)47-25-27-19-21-54(22-20-27)37-17-10-28(23-34(37)46)33-15-18-40(56)51-43(33)58/h9-10,16-17,23-24,26-27,30-33,36,47H,4-8,11-15,18-22,25H2,1-3H3,(H,49,57)(H,48,50,52)(H,51,56,58)/t30?,31?,33?,36-/m1/s1. The number of methoxy groups -OCH3 is 1. The van der Waals surface area contributed by atoms with Gasteiger partial charge in [-0.25, -0.2) is 9.37 Å². The maximum absolute atomic E-state index is 15.2. The molecular formula is C45H58FN9O5. The van der Waals surface area contributed by atoms with Gasteiger partial charge in [-0.3, -0.25) is 24.5 Å². The third kappa shape index (κ3) is 8.77. The van der Waals surface area contributed by atoms with Crippen LogP contribution in [0, 0.1) is 11.7 Å². The second kappa shape index (κ2) is 18.1. The number of rotatable bonds is 12. The third-order valence-electron chi connectivity index (χ3n) is 13.4. The van der Waals surface area contributed by atoms with Gasteiger partial charge < -0.3 is 35.4 Å². The van der Waals surface area contributed by atoms with Crippen LogP contribution < -0.4 is 40.7 Å². The van der Waals surface area contributed by atoms with Gasteiger partial charge in [-0.05, 0) is 113 Å². The number of carbonyl (C=O) groups excluding carboxylic acids is 4. The summed E-state index contributed by atoms with van der Waals surface area (Å²) in [6, 6.07) is 10.9. The van der Waals surface area contributed by atoms with E-state index in [9.17, 15) is 19.2 Å². The van der Waals surface area contributed by atoms with Gasteiger partial charge in [0.25, 0.3) is 5.91 Å². The van der Waals surface area contributed by atoms with Gasteiger partial charge in [0.2, 0.25) is 23.7 Å². The third-order valence-corrected chi connectivity index (χ3v) is 13.4. The molecule has 1 unspecified atom stereocenters. The second-order valence-corrected chi connectivity index (χ2v) is 17.2. The minimum Gasteiger partial charge on any atom is -0.495 e. The van der Waals surface area contributed by atoms with E-state index in [1.54, 1.807) is 43.5 Å². The van der Waals surface area contributed by atoms with Crippen LogP contribution in [0.1, 0.15) is 112 Å². The predicted octanol–water partition coefficient (Wildman–Crippen LogP) is 5.94. The molecule has 8 rings (SSSR count).